The highest BCUT2D eigenvalue weighted by Gasteiger charge is 2.31. The van der Waals surface area contributed by atoms with Crippen LogP contribution in [0.2, 0.25) is 0 Å². The number of hydrogen-bond acceptors (Lipinski definition) is 6. The van der Waals surface area contributed by atoms with E-state index in [1.54, 1.807) is 28.2 Å². The van der Waals surface area contributed by atoms with Crippen LogP contribution in [-0.4, -0.2) is 37.4 Å². The zero-order chi connectivity index (χ0) is 21.3. The standard InChI is InChI=1S/C24H25N5OS/c1-2-24(9-4-11-26-24)10-6-21(30)17-7-12-25-20(15-17)18-16-27-29-13-8-19(28-23(18)29)22-5-3-14-31-22/h3,5,7-8,12-16,26H,2,4,6,9-11H2,1H3/t24-/m0/s1. The molecule has 4 aromatic rings. The van der Waals surface area contributed by atoms with Crippen LogP contribution in [0.1, 0.15) is 49.4 Å². The fourth-order valence-corrected chi connectivity index (χ4v) is 5.12. The smallest absolute Gasteiger partial charge is 0.165 e. The molecule has 0 aliphatic carbocycles. The van der Waals surface area contributed by atoms with E-state index in [0.29, 0.717) is 12.0 Å². The van der Waals surface area contributed by atoms with Crippen molar-refractivity contribution in [2.75, 3.05) is 6.54 Å². The first kappa shape index (κ1) is 20.0. The van der Waals surface area contributed by atoms with Gasteiger partial charge in [-0.2, -0.15) is 5.10 Å². The van der Waals surface area contributed by atoms with Crippen molar-refractivity contribution in [1.82, 2.24) is 24.9 Å². The summed E-state index contributed by atoms with van der Waals surface area (Å²) in [7, 11) is 0. The maximum atomic E-state index is 13.0. The Kier molecular flexibility index (Phi) is 5.38. The van der Waals surface area contributed by atoms with Gasteiger partial charge in [0.25, 0.3) is 0 Å². The first-order chi connectivity index (χ1) is 15.2. The molecule has 0 spiro atoms. The second kappa shape index (κ2) is 8.32. The minimum Gasteiger partial charge on any atom is -0.311 e. The lowest BCUT2D eigenvalue weighted by atomic mass is 9.87. The average Bonchev–Trinajstić information content (AvgIpc) is 3.58. The van der Waals surface area contributed by atoms with Crippen molar-refractivity contribution in [3.05, 3.63) is 59.9 Å². The van der Waals surface area contributed by atoms with Crippen molar-refractivity contribution in [2.24, 2.45) is 0 Å². The van der Waals surface area contributed by atoms with Crippen molar-refractivity contribution < 1.29 is 4.79 Å². The molecule has 158 valence electrons. The Labute approximate surface area is 185 Å². The van der Waals surface area contributed by atoms with Gasteiger partial charge in [0.2, 0.25) is 0 Å². The predicted octanol–water partition coefficient (Wildman–Crippen LogP) is 5.01. The number of pyridine rings is 1. The number of hydrogen-bond donors (Lipinski definition) is 1. The number of Topliss-reactive ketones (excluding diaryl/α,β-unsaturated/α-hetero) is 1. The Hall–Kier alpha value is -2.90. The topological polar surface area (TPSA) is 72.2 Å². The third-order valence-electron chi connectivity index (χ3n) is 6.34. The van der Waals surface area contributed by atoms with E-state index in [9.17, 15) is 4.79 Å². The highest BCUT2D eigenvalue weighted by Crippen LogP contribution is 2.30. The van der Waals surface area contributed by atoms with Gasteiger partial charge in [-0.25, -0.2) is 9.50 Å². The van der Waals surface area contributed by atoms with Crippen molar-refractivity contribution in [3.63, 3.8) is 0 Å². The van der Waals surface area contributed by atoms with Gasteiger partial charge >= 0.3 is 0 Å². The molecule has 0 amide bonds. The van der Waals surface area contributed by atoms with Gasteiger partial charge in [0.05, 0.1) is 28.0 Å². The van der Waals surface area contributed by atoms with Crippen LogP contribution in [0.15, 0.2) is 54.3 Å². The summed E-state index contributed by atoms with van der Waals surface area (Å²) in [6.07, 6.45) is 10.2. The van der Waals surface area contributed by atoms with E-state index in [4.69, 9.17) is 4.98 Å². The van der Waals surface area contributed by atoms with Gasteiger partial charge in [0.1, 0.15) is 0 Å². The molecule has 1 aliphatic rings. The van der Waals surface area contributed by atoms with Crippen molar-refractivity contribution >= 4 is 22.8 Å². The van der Waals surface area contributed by atoms with Gasteiger partial charge in [-0.1, -0.05) is 13.0 Å². The largest absolute Gasteiger partial charge is 0.311 e. The molecule has 5 heterocycles. The first-order valence-corrected chi connectivity index (χ1v) is 11.7. The maximum absolute atomic E-state index is 13.0. The van der Waals surface area contributed by atoms with Crippen LogP contribution in [0.3, 0.4) is 0 Å². The van der Waals surface area contributed by atoms with Crippen LogP contribution in [0.25, 0.3) is 27.5 Å². The number of thiophene rings is 1. The van der Waals surface area contributed by atoms with Crippen LogP contribution in [-0.2, 0) is 0 Å². The number of rotatable bonds is 7. The zero-order valence-electron chi connectivity index (χ0n) is 17.5. The lowest BCUT2D eigenvalue weighted by Crippen LogP contribution is -2.39. The molecule has 1 aliphatic heterocycles. The highest BCUT2D eigenvalue weighted by molar-refractivity contribution is 7.13. The molecule has 5 rings (SSSR count). The molecule has 7 heteroatoms. The lowest BCUT2D eigenvalue weighted by molar-refractivity contribution is 0.0966. The number of aromatic nitrogens is 4. The van der Waals surface area contributed by atoms with Gasteiger partial charge in [-0.05, 0) is 61.9 Å². The van der Waals surface area contributed by atoms with Gasteiger partial charge in [-0.15, -0.1) is 11.3 Å². The molecular formula is C24H25N5OS. The third-order valence-corrected chi connectivity index (χ3v) is 7.23. The maximum Gasteiger partial charge on any atom is 0.165 e. The molecule has 4 aromatic heterocycles. The summed E-state index contributed by atoms with van der Waals surface area (Å²) >= 11 is 1.65. The van der Waals surface area contributed by atoms with Crippen molar-refractivity contribution in [3.8, 4) is 21.8 Å². The van der Waals surface area contributed by atoms with Crippen LogP contribution < -0.4 is 5.32 Å². The fraction of sp³-hybridized carbons (Fsp3) is 0.333. The summed E-state index contributed by atoms with van der Waals surface area (Å²) in [5.41, 5.74) is 4.02. The Morgan fingerprint density at radius 2 is 2.23 bits per heavy atom. The van der Waals surface area contributed by atoms with E-state index >= 15 is 0 Å². The van der Waals surface area contributed by atoms with E-state index in [0.717, 1.165) is 53.3 Å². The first-order valence-electron chi connectivity index (χ1n) is 10.8. The quantitative estimate of drug-likeness (QED) is 0.416. The summed E-state index contributed by atoms with van der Waals surface area (Å²) in [5, 5.41) is 10.1. The predicted molar refractivity (Wildman–Crippen MR) is 123 cm³/mol. The van der Waals surface area contributed by atoms with Crippen LogP contribution in [0.4, 0.5) is 0 Å². The van der Waals surface area contributed by atoms with Crippen LogP contribution in [0.5, 0.6) is 0 Å². The van der Waals surface area contributed by atoms with Gasteiger partial charge in [0, 0.05) is 29.9 Å². The van der Waals surface area contributed by atoms with E-state index in [-0.39, 0.29) is 11.3 Å². The Morgan fingerprint density at radius 1 is 1.29 bits per heavy atom. The van der Waals surface area contributed by atoms with Crippen molar-refractivity contribution in [1.29, 1.82) is 0 Å². The molecule has 0 aromatic carbocycles. The molecule has 1 saturated heterocycles. The molecule has 31 heavy (non-hydrogen) atoms. The molecule has 1 N–H and O–H groups in total. The molecule has 0 saturated carbocycles. The molecule has 1 fully saturated rings. The number of nitrogens with zero attached hydrogens (tertiary/aromatic N) is 4. The van der Waals surface area contributed by atoms with E-state index in [1.807, 2.05) is 35.8 Å². The highest BCUT2D eigenvalue weighted by atomic mass is 32.1. The molecule has 0 unspecified atom stereocenters. The molecular weight excluding hydrogens is 406 g/mol. The SMILES string of the molecule is CC[C@@]1(CCC(=O)c2ccnc(-c3cnn4ccc(-c5cccs5)nc34)c2)CCCN1. The minimum absolute atomic E-state index is 0.121. The van der Waals surface area contributed by atoms with Gasteiger partial charge < -0.3 is 5.32 Å². The Bertz CT molecular complexity index is 1210. The summed E-state index contributed by atoms with van der Waals surface area (Å²) < 4.78 is 1.75. The number of nitrogens with one attached hydrogen (secondary N) is 1. The van der Waals surface area contributed by atoms with E-state index in [2.05, 4.69) is 28.4 Å². The van der Waals surface area contributed by atoms with Gasteiger partial charge in [-0.3, -0.25) is 9.78 Å². The Morgan fingerprint density at radius 3 is 3.00 bits per heavy atom. The lowest BCUT2D eigenvalue weighted by Gasteiger charge is -2.27. The number of fused-ring (bicyclic) bond motifs is 1. The second-order valence-electron chi connectivity index (χ2n) is 8.13. The van der Waals surface area contributed by atoms with Gasteiger partial charge in [0.15, 0.2) is 11.4 Å². The number of carbonyl (C=O) groups excluding carboxylic acids is 1. The molecule has 0 bridgehead atoms. The minimum atomic E-state index is 0.121. The average molecular weight is 432 g/mol. The molecule has 6 nitrogen and oxygen atoms in total. The van der Waals surface area contributed by atoms with E-state index in [1.165, 1.54) is 6.42 Å². The normalized spacial score (nSPS) is 18.6. The fourth-order valence-electron chi connectivity index (χ4n) is 4.42. The Balaban J connectivity index is 1.41. The summed E-state index contributed by atoms with van der Waals surface area (Å²) in [6.45, 7) is 3.26. The van der Waals surface area contributed by atoms with E-state index < -0.39 is 0 Å². The van der Waals surface area contributed by atoms with Crippen LogP contribution in [0, 0.1) is 0 Å². The second-order valence-corrected chi connectivity index (χ2v) is 9.08. The summed E-state index contributed by atoms with van der Waals surface area (Å²) in [6, 6.07) is 9.72. The summed E-state index contributed by atoms with van der Waals surface area (Å²) in [4.78, 5) is 23.4. The monoisotopic (exact) mass is 431 g/mol. The number of carbonyl (C=O) groups is 1. The number of ketones is 1. The zero-order valence-corrected chi connectivity index (χ0v) is 18.4. The third kappa shape index (κ3) is 3.91. The van der Waals surface area contributed by atoms with Crippen LogP contribution >= 0.6 is 11.3 Å². The molecule has 1 atom stereocenters. The summed E-state index contributed by atoms with van der Waals surface area (Å²) in [5.74, 6) is 0.161. The molecule has 0 radical (unpaired) electrons. The van der Waals surface area contributed by atoms with Crippen molar-refractivity contribution in [2.45, 2.75) is 44.6 Å².